The molecule has 0 atom stereocenters. The van der Waals surface area contributed by atoms with Crippen molar-refractivity contribution >= 4 is 28.7 Å². The lowest BCUT2D eigenvalue weighted by atomic mass is 10.1. The predicted octanol–water partition coefficient (Wildman–Crippen LogP) is 3.85. The molecule has 0 unspecified atom stereocenters. The van der Waals surface area contributed by atoms with Crippen LogP contribution in [0, 0.1) is 0 Å². The van der Waals surface area contributed by atoms with Crippen molar-refractivity contribution in [3.63, 3.8) is 0 Å². The summed E-state index contributed by atoms with van der Waals surface area (Å²) in [7, 11) is 0. The molecule has 96 valence electrons. The summed E-state index contributed by atoms with van der Waals surface area (Å²) in [4.78, 5) is 13.8. The first-order valence-electron chi connectivity index (χ1n) is 5.64. The summed E-state index contributed by atoms with van der Waals surface area (Å²) >= 11 is 2.32. The number of rotatable bonds is 3. The number of hydrogen-bond donors (Lipinski definition) is 0. The van der Waals surface area contributed by atoms with Gasteiger partial charge in [0.05, 0.1) is 0 Å². The normalized spacial score (nSPS) is 12.4. The minimum atomic E-state index is -0.426. The molecule has 1 amide bonds. The van der Waals surface area contributed by atoms with Gasteiger partial charge in [-0.25, -0.2) is 4.79 Å². The summed E-state index contributed by atoms with van der Waals surface area (Å²) in [5.74, 6) is 0. The van der Waals surface area contributed by atoms with E-state index in [0.717, 1.165) is 17.4 Å². The molecular weight excluding hydrogens is 317 g/mol. The lowest BCUT2D eigenvalue weighted by Crippen LogP contribution is -2.48. The van der Waals surface area contributed by atoms with Crippen LogP contribution in [0.2, 0.25) is 0 Å². The molecule has 4 heteroatoms. The molecule has 0 aliphatic carbocycles. The second-order valence-corrected chi connectivity index (χ2v) is 6.92. The minimum Gasteiger partial charge on any atom is -0.444 e. The Morgan fingerprint density at radius 3 is 2.00 bits per heavy atom. The number of hydrogen-bond acceptors (Lipinski definition) is 2. The van der Waals surface area contributed by atoms with Crippen LogP contribution in [0.15, 0.2) is 0 Å². The second-order valence-electron chi connectivity index (χ2n) is 5.85. The van der Waals surface area contributed by atoms with E-state index in [4.69, 9.17) is 4.74 Å². The van der Waals surface area contributed by atoms with E-state index in [1.165, 1.54) is 0 Å². The number of alkyl halides is 1. The van der Waals surface area contributed by atoms with Crippen molar-refractivity contribution < 1.29 is 9.53 Å². The molecule has 0 heterocycles. The summed E-state index contributed by atoms with van der Waals surface area (Å²) in [6.45, 7) is 12.5. The Morgan fingerprint density at radius 2 is 1.69 bits per heavy atom. The molecule has 0 saturated carbocycles. The molecule has 0 rings (SSSR count). The maximum Gasteiger partial charge on any atom is 0.410 e. The van der Waals surface area contributed by atoms with E-state index in [9.17, 15) is 4.79 Å². The van der Waals surface area contributed by atoms with E-state index >= 15 is 0 Å². The van der Waals surface area contributed by atoms with Crippen molar-refractivity contribution in [2.45, 2.75) is 59.1 Å². The van der Waals surface area contributed by atoms with E-state index < -0.39 is 5.60 Å². The highest BCUT2D eigenvalue weighted by molar-refractivity contribution is 14.1. The van der Waals surface area contributed by atoms with E-state index in [1.807, 2.05) is 41.5 Å². The highest BCUT2D eigenvalue weighted by Gasteiger charge is 2.29. The van der Waals surface area contributed by atoms with Crippen LogP contribution in [0.25, 0.3) is 0 Å². The van der Waals surface area contributed by atoms with E-state index in [0.29, 0.717) is 0 Å². The molecule has 0 fully saturated rings. The highest BCUT2D eigenvalue weighted by atomic mass is 127. The van der Waals surface area contributed by atoms with Crippen molar-refractivity contribution in [3.8, 4) is 0 Å². The Bertz CT molecular complexity index is 228. The fourth-order valence-corrected chi connectivity index (χ4v) is 1.58. The summed E-state index contributed by atoms with van der Waals surface area (Å²) in [6, 6.07) is 0. The van der Waals surface area contributed by atoms with Gasteiger partial charge in [-0.3, -0.25) is 0 Å². The maximum absolute atomic E-state index is 12.0. The standard InChI is InChI=1S/C12H24INO2/c1-11(2,3)14(9-7-8-13)10(15)16-12(4,5)6/h7-9H2,1-6H3. The van der Waals surface area contributed by atoms with Crippen LogP contribution in [-0.4, -0.2) is 33.1 Å². The van der Waals surface area contributed by atoms with Crippen LogP contribution < -0.4 is 0 Å². The first-order chi connectivity index (χ1) is 7.08. The largest absolute Gasteiger partial charge is 0.444 e. The van der Waals surface area contributed by atoms with Crippen LogP contribution in [0.5, 0.6) is 0 Å². The number of halogens is 1. The number of carbonyl (C=O) groups excluding carboxylic acids is 1. The van der Waals surface area contributed by atoms with Gasteiger partial charge in [0, 0.05) is 16.5 Å². The molecule has 0 aliphatic heterocycles. The molecule has 0 aromatic rings. The van der Waals surface area contributed by atoms with Gasteiger partial charge in [-0.05, 0) is 48.0 Å². The lowest BCUT2D eigenvalue weighted by Gasteiger charge is -2.36. The predicted molar refractivity (Wildman–Crippen MR) is 76.2 cm³/mol. The topological polar surface area (TPSA) is 29.5 Å². The SMILES string of the molecule is CC(C)(C)OC(=O)N(CCCI)C(C)(C)C. The molecule has 16 heavy (non-hydrogen) atoms. The second kappa shape index (κ2) is 6.07. The van der Waals surface area contributed by atoms with Gasteiger partial charge in [0.1, 0.15) is 5.60 Å². The number of amides is 1. The zero-order chi connectivity index (χ0) is 13.0. The molecule has 0 radical (unpaired) electrons. The summed E-state index contributed by atoms with van der Waals surface area (Å²) in [5.41, 5.74) is -0.612. The minimum absolute atomic E-state index is 0.186. The van der Waals surface area contributed by atoms with Crippen molar-refractivity contribution in [2.75, 3.05) is 11.0 Å². The quantitative estimate of drug-likeness (QED) is 0.576. The number of nitrogens with zero attached hydrogens (tertiary/aromatic N) is 1. The molecule has 0 spiro atoms. The monoisotopic (exact) mass is 341 g/mol. The fourth-order valence-electron chi connectivity index (χ4n) is 1.24. The van der Waals surface area contributed by atoms with Gasteiger partial charge >= 0.3 is 6.09 Å². The number of ether oxygens (including phenoxy) is 1. The Balaban J connectivity index is 4.58. The summed E-state index contributed by atoms with van der Waals surface area (Å²) < 4.78 is 6.46. The van der Waals surface area contributed by atoms with Crippen LogP contribution in [0.3, 0.4) is 0 Å². The first-order valence-corrected chi connectivity index (χ1v) is 7.17. The molecule has 0 aromatic carbocycles. The van der Waals surface area contributed by atoms with Gasteiger partial charge in [0.25, 0.3) is 0 Å². The molecule has 0 aromatic heterocycles. The van der Waals surface area contributed by atoms with Crippen LogP contribution in [0.1, 0.15) is 48.0 Å². The molecule has 3 nitrogen and oxygen atoms in total. The Labute approximate surface area is 113 Å². The van der Waals surface area contributed by atoms with Crippen LogP contribution in [0.4, 0.5) is 4.79 Å². The van der Waals surface area contributed by atoms with Crippen molar-refractivity contribution in [3.05, 3.63) is 0 Å². The number of carbonyl (C=O) groups is 1. The average Bonchev–Trinajstić information content (AvgIpc) is 1.98. The van der Waals surface area contributed by atoms with E-state index in [2.05, 4.69) is 22.6 Å². The fraction of sp³-hybridized carbons (Fsp3) is 0.917. The smallest absolute Gasteiger partial charge is 0.410 e. The van der Waals surface area contributed by atoms with Gasteiger partial charge < -0.3 is 9.64 Å². The van der Waals surface area contributed by atoms with Gasteiger partial charge in [-0.2, -0.15) is 0 Å². The highest BCUT2D eigenvalue weighted by Crippen LogP contribution is 2.18. The van der Waals surface area contributed by atoms with Crippen molar-refractivity contribution in [2.24, 2.45) is 0 Å². The third-order valence-electron chi connectivity index (χ3n) is 1.94. The Morgan fingerprint density at radius 1 is 1.19 bits per heavy atom. The Kier molecular flexibility index (Phi) is 6.07. The summed E-state index contributed by atoms with van der Waals surface area (Å²) in [5, 5.41) is 0. The lowest BCUT2D eigenvalue weighted by molar-refractivity contribution is 0.00647. The van der Waals surface area contributed by atoms with Gasteiger partial charge in [-0.1, -0.05) is 22.6 Å². The third-order valence-corrected chi connectivity index (χ3v) is 2.70. The molecule has 0 N–H and O–H groups in total. The van der Waals surface area contributed by atoms with E-state index in [1.54, 1.807) is 4.90 Å². The van der Waals surface area contributed by atoms with Gasteiger partial charge in [-0.15, -0.1) is 0 Å². The third kappa shape index (κ3) is 6.55. The first kappa shape index (κ1) is 16.0. The Hall–Kier alpha value is 0. The zero-order valence-corrected chi connectivity index (χ0v) is 13.4. The van der Waals surface area contributed by atoms with Crippen LogP contribution >= 0.6 is 22.6 Å². The van der Waals surface area contributed by atoms with Crippen molar-refractivity contribution in [1.82, 2.24) is 4.90 Å². The molecule has 0 saturated heterocycles. The average molecular weight is 341 g/mol. The van der Waals surface area contributed by atoms with Gasteiger partial charge in [0.2, 0.25) is 0 Å². The van der Waals surface area contributed by atoms with Crippen LogP contribution in [-0.2, 0) is 4.74 Å². The zero-order valence-electron chi connectivity index (χ0n) is 11.3. The van der Waals surface area contributed by atoms with E-state index in [-0.39, 0.29) is 11.6 Å². The van der Waals surface area contributed by atoms with Crippen molar-refractivity contribution in [1.29, 1.82) is 0 Å². The maximum atomic E-state index is 12.0. The summed E-state index contributed by atoms with van der Waals surface area (Å²) in [6.07, 6.45) is 0.779. The molecule has 0 aliphatic rings. The molecular formula is C12H24INO2. The molecule has 0 bridgehead atoms. The van der Waals surface area contributed by atoms with Gasteiger partial charge in [0.15, 0.2) is 0 Å².